The van der Waals surface area contributed by atoms with E-state index in [9.17, 15) is 4.79 Å². The molecular weight excluding hydrogens is 240 g/mol. The zero-order valence-corrected chi connectivity index (χ0v) is 12.5. The second kappa shape index (κ2) is 9.32. The monoisotopic (exact) mass is 270 g/mol. The second-order valence-corrected chi connectivity index (χ2v) is 5.60. The summed E-state index contributed by atoms with van der Waals surface area (Å²) >= 11 is 0. The molecule has 0 bridgehead atoms. The highest BCUT2D eigenvalue weighted by atomic mass is 16.5. The second-order valence-electron chi connectivity index (χ2n) is 5.60. The van der Waals surface area contributed by atoms with Crippen LogP contribution in [-0.2, 0) is 9.53 Å². The van der Waals surface area contributed by atoms with Gasteiger partial charge in [-0.3, -0.25) is 4.79 Å². The molecule has 0 saturated carbocycles. The van der Waals surface area contributed by atoms with Crippen LogP contribution in [0.3, 0.4) is 0 Å². The summed E-state index contributed by atoms with van der Waals surface area (Å²) in [6.07, 6.45) is 7.56. The van der Waals surface area contributed by atoms with Crippen molar-refractivity contribution in [2.24, 2.45) is 11.7 Å². The first-order valence-corrected chi connectivity index (χ1v) is 7.84. The minimum atomic E-state index is -0.276. The molecule has 1 aliphatic rings. The lowest BCUT2D eigenvalue weighted by Gasteiger charge is -2.18. The summed E-state index contributed by atoms with van der Waals surface area (Å²) in [6, 6.07) is 0. The third-order valence-electron chi connectivity index (χ3n) is 3.89. The van der Waals surface area contributed by atoms with Crippen molar-refractivity contribution in [3.63, 3.8) is 0 Å². The smallest absolute Gasteiger partial charge is 0.249 e. The molecule has 0 aromatic rings. The predicted octanol–water partition coefficient (Wildman–Crippen LogP) is 2.22. The van der Waals surface area contributed by atoms with Crippen LogP contribution in [-0.4, -0.2) is 31.2 Å². The van der Waals surface area contributed by atoms with E-state index in [1.807, 2.05) is 0 Å². The summed E-state index contributed by atoms with van der Waals surface area (Å²) in [5.74, 6) is 0.661. The maximum absolute atomic E-state index is 12.0. The molecule has 1 amide bonds. The summed E-state index contributed by atoms with van der Waals surface area (Å²) < 4.78 is 5.61. The Hall–Kier alpha value is -0.610. The number of hydrogen-bond donors (Lipinski definition) is 2. The Balaban J connectivity index is 2.26. The number of ether oxygens (including phenoxy) is 1. The van der Waals surface area contributed by atoms with Crippen molar-refractivity contribution in [1.82, 2.24) is 5.32 Å². The molecule has 3 atom stereocenters. The van der Waals surface area contributed by atoms with E-state index in [0.29, 0.717) is 12.5 Å². The number of rotatable bonds is 9. The zero-order chi connectivity index (χ0) is 14.1. The van der Waals surface area contributed by atoms with E-state index < -0.39 is 0 Å². The first kappa shape index (κ1) is 16.4. The fraction of sp³-hybridized carbons (Fsp3) is 0.933. The van der Waals surface area contributed by atoms with Gasteiger partial charge in [0, 0.05) is 13.1 Å². The zero-order valence-electron chi connectivity index (χ0n) is 12.5. The SMILES string of the molecule is CCCCC(CCC)CNC(=O)[C@@H]1CC[C@H](CN)O1. The van der Waals surface area contributed by atoms with Crippen LogP contribution >= 0.6 is 0 Å². The van der Waals surface area contributed by atoms with Crippen LogP contribution in [0.15, 0.2) is 0 Å². The lowest BCUT2D eigenvalue weighted by atomic mass is 9.97. The van der Waals surface area contributed by atoms with Gasteiger partial charge >= 0.3 is 0 Å². The van der Waals surface area contributed by atoms with Gasteiger partial charge in [0.2, 0.25) is 5.91 Å². The van der Waals surface area contributed by atoms with Gasteiger partial charge in [0.25, 0.3) is 0 Å². The Morgan fingerprint density at radius 2 is 2.11 bits per heavy atom. The molecule has 19 heavy (non-hydrogen) atoms. The minimum Gasteiger partial charge on any atom is -0.364 e. The Morgan fingerprint density at radius 1 is 1.32 bits per heavy atom. The molecule has 1 saturated heterocycles. The van der Waals surface area contributed by atoms with Crippen molar-refractivity contribution in [1.29, 1.82) is 0 Å². The Morgan fingerprint density at radius 3 is 2.68 bits per heavy atom. The fourth-order valence-corrected chi connectivity index (χ4v) is 2.68. The maximum atomic E-state index is 12.0. The van der Waals surface area contributed by atoms with Gasteiger partial charge < -0.3 is 15.8 Å². The average Bonchev–Trinajstić information content (AvgIpc) is 2.90. The van der Waals surface area contributed by atoms with Gasteiger partial charge in [-0.25, -0.2) is 0 Å². The molecule has 1 aliphatic heterocycles. The van der Waals surface area contributed by atoms with Gasteiger partial charge in [-0.1, -0.05) is 33.1 Å². The molecule has 112 valence electrons. The van der Waals surface area contributed by atoms with E-state index in [1.54, 1.807) is 0 Å². The Bertz CT molecular complexity index is 259. The van der Waals surface area contributed by atoms with E-state index in [-0.39, 0.29) is 18.1 Å². The summed E-state index contributed by atoms with van der Waals surface area (Å²) in [4.78, 5) is 12.0. The number of hydrogen-bond acceptors (Lipinski definition) is 3. The molecule has 4 heteroatoms. The van der Waals surface area contributed by atoms with Crippen LogP contribution in [0.2, 0.25) is 0 Å². The fourth-order valence-electron chi connectivity index (χ4n) is 2.68. The van der Waals surface area contributed by atoms with Crippen LogP contribution in [0.4, 0.5) is 0 Å². The molecule has 0 aliphatic carbocycles. The first-order valence-electron chi connectivity index (χ1n) is 7.84. The van der Waals surface area contributed by atoms with Crippen LogP contribution in [0, 0.1) is 5.92 Å². The molecular formula is C15H30N2O2. The van der Waals surface area contributed by atoms with E-state index in [2.05, 4.69) is 19.2 Å². The Kier molecular flexibility index (Phi) is 8.07. The highest BCUT2D eigenvalue weighted by molar-refractivity contribution is 5.81. The molecule has 3 N–H and O–H groups in total. The van der Waals surface area contributed by atoms with Crippen molar-refractivity contribution >= 4 is 5.91 Å². The number of amides is 1. The normalized spacial score (nSPS) is 24.4. The predicted molar refractivity (Wildman–Crippen MR) is 77.9 cm³/mol. The largest absolute Gasteiger partial charge is 0.364 e. The highest BCUT2D eigenvalue weighted by Gasteiger charge is 2.29. The lowest BCUT2D eigenvalue weighted by Crippen LogP contribution is -2.38. The number of nitrogens with one attached hydrogen (secondary N) is 1. The molecule has 1 rings (SSSR count). The van der Waals surface area contributed by atoms with Crippen LogP contribution in [0.1, 0.15) is 58.8 Å². The molecule has 1 fully saturated rings. The molecule has 0 aromatic heterocycles. The van der Waals surface area contributed by atoms with Crippen LogP contribution in [0.25, 0.3) is 0 Å². The highest BCUT2D eigenvalue weighted by Crippen LogP contribution is 2.19. The molecule has 1 unspecified atom stereocenters. The van der Waals surface area contributed by atoms with Gasteiger partial charge in [0.1, 0.15) is 6.10 Å². The summed E-state index contributed by atoms with van der Waals surface area (Å²) in [5.41, 5.74) is 5.56. The van der Waals surface area contributed by atoms with Gasteiger partial charge in [0.15, 0.2) is 0 Å². The van der Waals surface area contributed by atoms with Gasteiger partial charge in [-0.15, -0.1) is 0 Å². The molecule has 0 spiro atoms. The van der Waals surface area contributed by atoms with Crippen molar-refractivity contribution in [3.05, 3.63) is 0 Å². The number of carbonyl (C=O) groups is 1. The average molecular weight is 270 g/mol. The summed E-state index contributed by atoms with van der Waals surface area (Å²) in [7, 11) is 0. The lowest BCUT2D eigenvalue weighted by molar-refractivity contribution is -0.132. The number of nitrogens with two attached hydrogens (primary N) is 1. The molecule has 0 radical (unpaired) electrons. The molecule has 4 nitrogen and oxygen atoms in total. The Labute approximate surface area is 117 Å². The van der Waals surface area contributed by atoms with Crippen molar-refractivity contribution in [3.8, 4) is 0 Å². The summed E-state index contributed by atoms with van der Waals surface area (Å²) in [6.45, 7) is 5.71. The summed E-state index contributed by atoms with van der Waals surface area (Å²) in [5, 5.41) is 3.06. The molecule has 1 heterocycles. The molecule has 0 aromatic carbocycles. The standard InChI is InChI=1S/C15H30N2O2/c1-3-5-7-12(6-4-2)11-17-15(18)14-9-8-13(10-16)19-14/h12-14H,3-11,16H2,1-2H3,(H,17,18)/t12?,13-,14+/m1/s1. The van der Waals surface area contributed by atoms with Crippen molar-refractivity contribution in [2.45, 2.75) is 71.0 Å². The number of unbranched alkanes of at least 4 members (excludes halogenated alkanes) is 1. The number of carbonyl (C=O) groups excluding carboxylic acids is 1. The van der Waals surface area contributed by atoms with Gasteiger partial charge in [-0.2, -0.15) is 0 Å². The minimum absolute atomic E-state index is 0.0496. The van der Waals surface area contributed by atoms with E-state index >= 15 is 0 Å². The van der Waals surface area contributed by atoms with E-state index in [0.717, 1.165) is 19.4 Å². The first-order chi connectivity index (χ1) is 9.21. The van der Waals surface area contributed by atoms with Crippen LogP contribution in [0.5, 0.6) is 0 Å². The van der Waals surface area contributed by atoms with E-state index in [4.69, 9.17) is 10.5 Å². The van der Waals surface area contributed by atoms with Crippen molar-refractivity contribution < 1.29 is 9.53 Å². The third kappa shape index (κ3) is 5.91. The maximum Gasteiger partial charge on any atom is 0.249 e. The topological polar surface area (TPSA) is 64.4 Å². The van der Waals surface area contributed by atoms with Gasteiger partial charge in [-0.05, 0) is 31.6 Å². The third-order valence-corrected chi connectivity index (χ3v) is 3.89. The quantitative estimate of drug-likeness (QED) is 0.675. The van der Waals surface area contributed by atoms with E-state index in [1.165, 1.54) is 32.1 Å². The van der Waals surface area contributed by atoms with Crippen molar-refractivity contribution in [2.75, 3.05) is 13.1 Å². The van der Waals surface area contributed by atoms with Gasteiger partial charge in [0.05, 0.1) is 6.10 Å². The van der Waals surface area contributed by atoms with Crippen LogP contribution < -0.4 is 11.1 Å².